The van der Waals surface area contributed by atoms with Crippen molar-refractivity contribution in [1.29, 1.82) is 0 Å². The Labute approximate surface area is 115 Å². The van der Waals surface area contributed by atoms with Gasteiger partial charge in [0.15, 0.2) is 17.5 Å². The van der Waals surface area contributed by atoms with Gasteiger partial charge in [0.05, 0.1) is 0 Å². The Morgan fingerprint density at radius 2 is 1.81 bits per heavy atom. The standard InChI is InChI=1S/C8HClF6N2O4/c9-5(18)3-2(21-8(13,14)15)1-16-6(17(19)20)4(3)7(10,11)12/h1H. The van der Waals surface area contributed by atoms with E-state index in [1.54, 1.807) is 0 Å². The molecule has 0 aromatic carbocycles. The largest absolute Gasteiger partial charge is 0.573 e. The van der Waals surface area contributed by atoms with E-state index in [4.69, 9.17) is 11.6 Å². The van der Waals surface area contributed by atoms with Crippen molar-refractivity contribution >= 4 is 22.7 Å². The topological polar surface area (TPSA) is 82.3 Å². The Balaban J connectivity index is 3.73. The van der Waals surface area contributed by atoms with Crippen molar-refractivity contribution in [2.75, 3.05) is 0 Å². The number of hydrogen-bond acceptors (Lipinski definition) is 5. The van der Waals surface area contributed by atoms with Crippen LogP contribution in [0.15, 0.2) is 6.20 Å². The molecule has 6 nitrogen and oxygen atoms in total. The van der Waals surface area contributed by atoms with E-state index in [-0.39, 0.29) is 6.20 Å². The van der Waals surface area contributed by atoms with Crippen molar-refractivity contribution in [3.05, 3.63) is 27.4 Å². The fourth-order valence-corrected chi connectivity index (χ4v) is 1.48. The van der Waals surface area contributed by atoms with E-state index in [9.17, 15) is 41.3 Å². The van der Waals surface area contributed by atoms with Gasteiger partial charge in [0.25, 0.3) is 5.24 Å². The van der Waals surface area contributed by atoms with Gasteiger partial charge in [0.2, 0.25) is 0 Å². The molecule has 0 aliphatic rings. The first-order chi connectivity index (χ1) is 9.34. The second-order valence-electron chi connectivity index (χ2n) is 3.27. The predicted octanol–water partition coefficient (Wildman–Crippen LogP) is 3.29. The normalized spacial score (nSPS) is 12.1. The molecule has 0 radical (unpaired) electrons. The highest BCUT2D eigenvalue weighted by molar-refractivity contribution is 6.68. The average molecular weight is 339 g/mol. The molecule has 1 aromatic rings. The number of nitro groups is 1. The quantitative estimate of drug-likeness (QED) is 0.365. The predicted molar refractivity (Wildman–Crippen MR) is 52.8 cm³/mol. The number of carbonyl (C=O) groups is 1. The van der Waals surface area contributed by atoms with Gasteiger partial charge in [-0.05, 0) is 21.5 Å². The molecule has 0 saturated carbocycles. The zero-order chi connectivity index (χ0) is 16.6. The maximum Gasteiger partial charge on any atom is 0.573 e. The van der Waals surface area contributed by atoms with Gasteiger partial charge in [0.1, 0.15) is 5.56 Å². The Bertz CT molecular complexity index is 600. The fourth-order valence-electron chi connectivity index (χ4n) is 1.29. The molecule has 1 rings (SSSR count). The highest BCUT2D eigenvalue weighted by Crippen LogP contribution is 2.42. The molecular formula is C8HClF6N2O4. The van der Waals surface area contributed by atoms with Gasteiger partial charge in [-0.25, -0.2) is 0 Å². The van der Waals surface area contributed by atoms with E-state index in [1.807, 2.05) is 0 Å². The van der Waals surface area contributed by atoms with Crippen LogP contribution in [0.25, 0.3) is 0 Å². The van der Waals surface area contributed by atoms with Crippen LogP contribution in [0.1, 0.15) is 15.9 Å². The number of ether oxygens (including phenoxy) is 1. The summed E-state index contributed by atoms with van der Waals surface area (Å²) < 4.78 is 77.6. The van der Waals surface area contributed by atoms with Crippen molar-refractivity contribution in [2.24, 2.45) is 0 Å². The van der Waals surface area contributed by atoms with E-state index in [0.717, 1.165) is 0 Å². The number of aromatic nitrogens is 1. The van der Waals surface area contributed by atoms with Crippen LogP contribution in [-0.4, -0.2) is 21.5 Å². The van der Waals surface area contributed by atoms with Crippen molar-refractivity contribution in [1.82, 2.24) is 4.98 Å². The molecule has 13 heteroatoms. The number of nitrogens with zero attached hydrogens (tertiary/aromatic N) is 2. The molecule has 0 unspecified atom stereocenters. The van der Waals surface area contributed by atoms with E-state index >= 15 is 0 Å². The second kappa shape index (κ2) is 5.35. The summed E-state index contributed by atoms with van der Waals surface area (Å²) in [5.41, 5.74) is -4.17. The minimum Gasteiger partial charge on any atom is -0.401 e. The maximum absolute atomic E-state index is 12.8. The molecular weight excluding hydrogens is 338 g/mol. The number of hydrogen-bond donors (Lipinski definition) is 0. The summed E-state index contributed by atoms with van der Waals surface area (Å²) in [6.45, 7) is 0. The monoisotopic (exact) mass is 338 g/mol. The number of halogens is 7. The molecule has 116 valence electrons. The van der Waals surface area contributed by atoms with Crippen molar-refractivity contribution < 1.29 is 40.8 Å². The smallest absolute Gasteiger partial charge is 0.401 e. The van der Waals surface area contributed by atoms with Crippen LogP contribution in [0.3, 0.4) is 0 Å². The third kappa shape index (κ3) is 3.93. The van der Waals surface area contributed by atoms with Gasteiger partial charge in [-0.15, -0.1) is 13.2 Å². The van der Waals surface area contributed by atoms with Gasteiger partial charge in [-0.3, -0.25) is 4.79 Å². The Morgan fingerprint density at radius 3 is 2.14 bits per heavy atom. The zero-order valence-electron chi connectivity index (χ0n) is 9.25. The SMILES string of the molecule is O=C(Cl)c1c(OC(F)(F)F)cnc([N+](=O)[O-])c1C(F)(F)F. The Hall–Kier alpha value is -2.11. The van der Waals surface area contributed by atoms with Crippen LogP contribution < -0.4 is 4.74 Å². The maximum atomic E-state index is 12.8. The van der Waals surface area contributed by atoms with Gasteiger partial charge < -0.3 is 14.9 Å². The summed E-state index contributed by atoms with van der Waals surface area (Å²) in [5.74, 6) is -3.57. The summed E-state index contributed by atoms with van der Waals surface area (Å²) in [6, 6.07) is 0. The molecule has 0 bridgehead atoms. The first-order valence-corrected chi connectivity index (χ1v) is 4.92. The molecule has 1 aromatic heterocycles. The summed E-state index contributed by atoms with van der Waals surface area (Å²) in [7, 11) is 0. The number of pyridine rings is 1. The van der Waals surface area contributed by atoms with E-state index < -0.39 is 45.4 Å². The van der Waals surface area contributed by atoms with Crippen LogP contribution in [0.2, 0.25) is 0 Å². The molecule has 0 N–H and O–H groups in total. The lowest BCUT2D eigenvalue weighted by atomic mass is 10.1. The number of carbonyl (C=O) groups excluding carboxylic acids is 1. The highest BCUT2D eigenvalue weighted by atomic mass is 35.5. The molecule has 0 spiro atoms. The van der Waals surface area contributed by atoms with Crippen LogP contribution in [-0.2, 0) is 6.18 Å². The lowest BCUT2D eigenvalue weighted by Gasteiger charge is -2.14. The van der Waals surface area contributed by atoms with Gasteiger partial charge in [-0.2, -0.15) is 13.2 Å². The second-order valence-corrected chi connectivity index (χ2v) is 3.62. The van der Waals surface area contributed by atoms with E-state index in [0.29, 0.717) is 0 Å². The third-order valence-electron chi connectivity index (χ3n) is 1.90. The molecule has 0 atom stereocenters. The molecule has 0 aliphatic carbocycles. The Morgan fingerprint density at radius 1 is 1.29 bits per heavy atom. The van der Waals surface area contributed by atoms with E-state index in [1.165, 1.54) is 0 Å². The van der Waals surface area contributed by atoms with Crippen molar-refractivity contribution in [2.45, 2.75) is 12.5 Å². The molecule has 21 heavy (non-hydrogen) atoms. The molecule has 0 amide bonds. The minimum absolute atomic E-state index is 0.0452. The molecule has 1 heterocycles. The minimum atomic E-state index is -5.56. The lowest BCUT2D eigenvalue weighted by molar-refractivity contribution is -0.392. The Kier molecular flexibility index (Phi) is 4.32. The molecule has 0 saturated heterocycles. The lowest BCUT2D eigenvalue weighted by Crippen LogP contribution is -2.22. The first kappa shape index (κ1) is 16.9. The molecule has 0 fully saturated rings. The van der Waals surface area contributed by atoms with Crippen LogP contribution in [0.5, 0.6) is 5.75 Å². The van der Waals surface area contributed by atoms with Crippen LogP contribution in [0.4, 0.5) is 32.2 Å². The summed E-state index contributed by atoms with van der Waals surface area (Å²) in [4.78, 5) is 22.4. The number of alkyl halides is 6. The zero-order valence-corrected chi connectivity index (χ0v) is 10.0. The average Bonchev–Trinajstić information content (AvgIpc) is 2.23. The fraction of sp³-hybridized carbons (Fsp3) is 0.250. The third-order valence-corrected chi connectivity index (χ3v) is 2.09. The summed E-state index contributed by atoms with van der Waals surface area (Å²) in [6.07, 6.45) is -11.1. The van der Waals surface area contributed by atoms with Gasteiger partial charge >= 0.3 is 18.4 Å². The van der Waals surface area contributed by atoms with Crippen LogP contribution >= 0.6 is 11.6 Å². The van der Waals surface area contributed by atoms with E-state index in [2.05, 4.69) is 9.72 Å². The van der Waals surface area contributed by atoms with Gasteiger partial charge in [-0.1, -0.05) is 0 Å². The summed E-state index contributed by atoms with van der Waals surface area (Å²) >= 11 is 4.79. The summed E-state index contributed by atoms with van der Waals surface area (Å²) in [5, 5.41) is 8.44. The van der Waals surface area contributed by atoms with Gasteiger partial charge in [0, 0.05) is 0 Å². The van der Waals surface area contributed by atoms with Crippen molar-refractivity contribution in [3.63, 3.8) is 0 Å². The van der Waals surface area contributed by atoms with Crippen LogP contribution in [0, 0.1) is 10.1 Å². The van der Waals surface area contributed by atoms with Crippen molar-refractivity contribution in [3.8, 4) is 5.75 Å². The first-order valence-electron chi connectivity index (χ1n) is 4.54. The molecule has 0 aliphatic heterocycles. The number of rotatable bonds is 3. The highest BCUT2D eigenvalue weighted by Gasteiger charge is 2.47.